The van der Waals surface area contributed by atoms with E-state index in [1.807, 2.05) is 6.92 Å². The highest BCUT2D eigenvalue weighted by molar-refractivity contribution is 5.69. The first kappa shape index (κ1) is 14.1. The van der Waals surface area contributed by atoms with Crippen LogP contribution < -0.4 is 0 Å². The number of hydrogen-bond donors (Lipinski definition) is 0. The van der Waals surface area contributed by atoms with Gasteiger partial charge in [0.25, 0.3) is 0 Å². The summed E-state index contributed by atoms with van der Waals surface area (Å²) in [6, 6.07) is 8.62. The molecule has 1 aromatic rings. The minimum atomic E-state index is -0.0825. The molecule has 1 fully saturated rings. The number of aryl methyl sites for hydroxylation is 1. The van der Waals surface area contributed by atoms with Crippen LogP contribution >= 0.6 is 0 Å². The standard InChI is InChI=1S/C17H24O2/c1-2-19-17(18)13-12-15-10-6-7-11-16(15)14-8-4-3-5-9-14/h6-7,10-11,14H,2-5,8-9,12-13H2,1H3. The topological polar surface area (TPSA) is 26.3 Å². The largest absolute Gasteiger partial charge is 0.466 e. The van der Waals surface area contributed by atoms with E-state index >= 15 is 0 Å². The quantitative estimate of drug-likeness (QED) is 0.740. The first-order chi connectivity index (χ1) is 9.31. The second kappa shape index (κ2) is 7.32. The molecule has 1 aliphatic rings. The molecule has 0 amide bonds. The zero-order valence-corrected chi connectivity index (χ0v) is 11.9. The normalized spacial score (nSPS) is 16.3. The van der Waals surface area contributed by atoms with Crippen molar-refractivity contribution in [1.82, 2.24) is 0 Å². The zero-order chi connectivity index (χ0) is 13.5. The third-order valence-electron chi connectivity index (χ3n) is 4.00. The van der Waals surface area contributed by atoms with Crippen LogP contribution in [0, 0.1) is 0 Å². The molecule has 0 radical (unpaired) electrons. The molecule has 0 aliphatic heterocycles. The van der Waals surface area contributed by atoms with Gasteiger partial charge >= 0.3 is 5.97 Å². The molecule has 0 atom stereocenters. The number of ether oxygens (including phenoxy) is 1. The summed E-state index contributed by atoms with van der Waals surface area (Å²) in [6.07, 6.45) is 7.98. The summed E-state index contributed by atoms with van der Waals surface area (Å²) in [5.74, 6) is 0.619. The van der Waals surface area contributed by atoms with E-state index in [1.165, 1.54) is 43.2 Å². The van der Waals surface area contributed by atoms with Gasteiger partial charge in [-0.15, -0.1) is 0 Å². The van der Waals surface area contributed by atoms with Crippen molar-refractivity contribution in [3.8, 4) is 0 Å². The maximum absolute atomic E-state index is 11.5. The summed E-state index contributed by atoms with van der Waals surface area (Å²) >= 11 is 0. The highest BCUT2D eigenvalue weighted by atomic mass is 16.5. The van der Waals surface area contributed by atoms with E-state index in [1.54, 1.807) is 0 Å². The van der Waals surface area contributed by atoms with E-state index < -0.39 is 0 Å². The second-order valence-corrected chi connectivity index (χ2v) is 5.34. The van der Waals surface area contributed by atoms with E-state index in [0.29, 0.717) is 18.9 Å². The maximum atomic E-state index is 11.5. The summed E-state index contributed by atoms with van der Waals surface area (Å²) in [4.78, 5) is 11.5. The van der Waals surface area contributed by atoms with Gasteiger partial charge in [0.15, 0.2) is 0 Å². The van der Waals surface area contributed by atoms with Crippen molar-refractivity contribution in [2.75, 3.05) is 6.61 Å². The molecular formula is C17H24O2. The monoisotopic (exact) mass is 260 g/mol. The Hall–Kier alpha value is -1.31. The third kappa shape index (κ3) is 4.09. The number of carbonyl (C=O) groups is 1. The van der Waals surface area contributed by atoms with Crippen LogP contribution in [0.5, 0.6) is 0 Å². The fourth-order valence-electron chi connectivity index (χ4n) is 3.04. The molecule has 2 heteroatoms. The van der Waals surface area contributed by atoms with E-state index in [0.717, 1.165) is 6.42 Å². The molecule has 0 N–H and O–H groups in total. The number of carbonyl (C=O) groups excluding carboxylic acids is 1. The molecular weight excluding hydrogens is 236 g/mol. The van der Waals surface area contributed by atoms with Crippen LogP contribution in [0.25, 0.3) is 0 Å². The molecule has 19 heavy (non-hydrogen) atoms. The van der Waals surface area contributed by atoms with Crippen LogP contribution in [0.1, 0.15) is 62.5 Å². The molecule has 0 aromatic heterocycles. The third-order valence-corrected chi connectivity index (χ3v) is 4.00. The molecule has 0 unspecified atom stereocenters. The van der Waals surface area contributed by atoms with Gasteiger partial charge in [-0.25, -0.2) is 0 Å². The molecule has 0 saturated heterocycles. The van der Waals surface area contributed by atoms with Crippen LogP contribution in [0.4, 0.5) is 0 Å². The predicted molar refractivity (Wildman–Crippen MR) is 77.2 cm³/mol. The molecule has 0 heterocycles. The van der Waals surface area contributed by atoms with E-state index in [-0.39, 0.29) is 5.97 Å². The Morgan fingerprint density at radius 1 is 1.21 bits per heavy atom. The average molecular weight is 260 g/mol. The minimum absolute atomic E-state index is 0.0825. The molecule has 1 saturated carbocycles. The molecule has 2 rings (SSSR count). The Morgan fingerprint density at radius 2 is 1.95 bits per heavy atom. The van der Waals surface area contributed by atoms with Crippen LogP contribution in [0.15, 0.2) is 24.3 Å². The Bertz CT molecular complexity index is 405. The van der Waals surface area contributed by atoms with Crippen molar-refractivity contribution >= 4 is 5.97 Å². The van der Waals surface area contributed by atoms with Crippen molar-refractivity contribution < 1.29 is 9.53 Å². The average Bonchev–Trinajstić information content (AvgIpc) is 2.47. The highest BCUT2D eigenvalue weighted by Crippen LogP contribution is 2.34. The Morgan fingerprint density at radius 3 is 2.68 bits per heavy atom. The van der Waals surface area contributed by atoms with Crippen molar-refractivity contribution in [2.45, 2.75) is 57.8 Å². The predicted octanol–water partition coefficient (Wildman–Crippen LogP) is 4.23. The summed E-state index contributed by atoms with van der Waals surface area (Å²) in [5.41, 5.74) is 2.80. The molecule has 0 spiro atoms. The van der Waals surface area contributed by atoms with Gasteiger partial charge in [-0.05, 0) is 43.2 Å². The van der Waals surface area contributed by atoms with Crippen LogP contribution in [0.3, 0.4) is 0 Å². The Labute approximate surface area is 116 Å². The molecule has 1 aliphatic carbocycles. The van der Waals surface area contributed by atoms with Crippen molar-refractivity contribution in [1.29, 1.82) is 0 Å². The summed E-state index contributed by atoms with van der Waals surface area (Å²) < 4.78 is 5.01. The summed E-state index contributed by atoms with van der Waals surface area (Å²) in [5, 5.41) is 0. The molecule has 2 nitrogen and oxygen atoms in total. The molecule has 0 bridgehead atoms. The molecule has 104 valence electrons. The second-order valence-electron chi connectivity index (χ2n) is 5.34. The van der Waals surface area contributed by atoms with E-state index in [4.69, 9.17) is 4.74 Å². The van der Waals surface area contributed by atoms with Gasteiger partial charge in [0.2, 0.25) is 0 Å². The van der Waals surface area contributed by atoms with Crippen LogP contribution in [-0.4, -0.2) is 12.6 Å². The van der Waals surface area contributed by atoms with E-state index in [2.05, 4.69) is 24.3 Å². The minimum Gasteiger partial charge on any atom is -0.466 e. The maximum Gasteiger partial charge on any atom is 0.306 e. The van der Waals surface area contributed by atoms with Gasteiger partial charge in [-0.3, -0.25) is 4.79 Å². The van der Waals surface area contributed by atoms with Crippen molar-refractivity contribution in [2.24, 2.45) is 0 Å². The lowest BCUT2D eigenvalue weighted by Crippen LogP contribution is -2.10. The smallest absolute Gasteiger partial charge is 0.306 e. The first-order valence-electron chi connectivity index (χ1n) is 7.54. The summed E-state index contributed by atoms with van der Waals surface area (Å²) in [6.45, 7) is 2.33. The number of hydrogen-bond acceptors (Lipinski definition) is 2. The Balaban J connectivity index is 2.01. The van der Waals surface area contributed by atoms with Gasteiger partial charge in [0, 0.05) is 6.42 Å². The van der Waals surface area contributed by atoms with Gasteiger partial charge in [0.05, 0.1) is 6.61 Å². The molecule has 1 aromatic carbocycles. The highest BCUT2D eigenvalue weighted by Gasteiger charge is 2.18. The summed E-state index contributed by atoms with van der Waals surface area (Å²) in [7, 11) is 0. The van der Waals surface area contributed by atoms with Gasteiger partial charge in [-0.2, -0.15) is 0 Å². The number of esters is 1. The van der Waals surface area contributed by atoms with Crippen LogP contribution in [-0.2, 0) is 16.0 Å². The lowest BCUT2D eigenvalue weighted by Gasteiger charge is -2.24. The van der Waals surface area contributed by atoms with Gasteiger partial charge < -0.3 is 4.74 Å². The fraction of sp³-hybridized carbons (Fsp3) is 0.588. The Kier molecular flexibility index (Phi) is 5.44. The van der Waals surface area contributed by atoms with Crippen LogP contribution in [0.2, 0.25) is 0 Å². The lowest BCUT2D eigenvalue weighted by atomic mass is 9.81. The zero-order valence-electron chi connectivity index (χ0n) is 11.9. The fourth-order valence-corrected chi connectivity index (χ4v) is 3.04. The number of rotatable bonds is 5. The lowest BCUT2D eigenvalue weighted by molar-refractivity contribution is -0.143. The van der Waals surface area contributed by atoms with Crippen molar-refractivity contribution in [3.63, 3.8) is 0 Å². The number of benzene rings is 1. The van der Waals surface area contributed by atoms with Gasteiger partial charge in [0.1, 0.15) is 0 Å². The van der Waals surface area contributed by atoms with Crippen molar-refractivity contribution in [3.05, 3.63) is 35.4 Å². The SMILES string of the molecule is CCOC(=O)CCc1ccccc1C1CCCCC1. The first-order valence-corrected chi connectivity index (χ1v) is 7.54. The van der Waals surface area contributed by atoms with E-state index in [9.17, 15) is 4.79 Å². The van der Waals surface area contributed by atoms with Gasteiger partial charge in [-0.1, -0.05) is 43.5 Å².